The van der Waals surface area contributed by atoms with Gasteiger partial charge in [0, 0.05) is 13.1 Å². The van der Waals surface area contributed by atoms with Crippen molar-refractivity contribution in [2.75, 3.05) is 26.3 Å². The van der Waals surface area contributed by atoms with Gasteiger partial charge in [-0.3, -0.25) is 4.79 Å². The van der Waals surface area contributed by atoms with Gasteiger partial charge < -0.3 is 14.4 Å². The second kappa shape index (κ2) is 8.87. The highest BCUT2D eigenvalue weighted by Crippen LogP contribution is 2.13. The van der Waals surface area contributed by atoms with Gasteiger partial charge in [0.15, 0.2) is 6.61 Å². The molecule has 1 aromatic rings. The lowest BCUT2D eigenvalue weighted by Gasteiger charge is -2.20. The summed E-state index contributed by atoms with van der Waals surface area (Å²) in [4.78, 5) is 25.5. The molecular formula is C17H23NO4. The summed E-state index contributed by atoms with van der Waals surface area (Å²) < 4.78 is 10.4. The molecule has 1 aromatic carbocycles. The molecule has 0 aliphatic carbocycles. The molecule has 0 saturated heterocycles. The number of amides is 1. The van der Waals surface area contributed by atoms with Crippen LogP contribution >= 0.6 is 0 Å². The number of rotatable bonds is 8. The van der Waals surface area contributed by atoms with Crippen LogP contribution in [-0.2, 0) is 9.53 Å². The summed E-state index contributed by atoms with van der Waals surface area (Å²) in [5, 5.41) is 0. The second-order valence-corrected chi connectivity index (χ2v) is 4.90. The van der Waals surface area contributed by atoms with Crippen LogP contribution in [0.3, 0.4) is 0 Å². The summed E-state index contributed by atoms with van der Waals surface area (Å²) in [5.41, 5.74) is 1.27. The maximum atomic E-state index is 12.0. The molecule has 0 heterocycles. The van der Waals surface area contributed by atoms with E-state index in [1.165, 1.54) is 0 Å². The largest absolute Gasteiger partial charge is 0.494 e. The minimum atomic E-state index is -0.525. The van der Waals surface area contributed by atoms with Crippen LogP contribution in [0.5, 0.6) is 5.75 Å². The lowest BCUT2D eigenvalue weighted by molar-refractivity contribution is -0.133. The zero-order valence-electron chi connectivity index (χ0n) is 13.4. The fourth-order valence-corrected chi connectivity index (χ4v) is 1.86. The Kier molecular flexibility index (Phi) is 7.16. The number of likely N-dealkylation sites (N-methyl/N-ethyl adjacent to an activating group) is 1. The molecule has 0 aliphatic rings. The molecule has 0 unspecified atom stereocenters. The summed E-state index contributed by atoms with van der Waals surface area (Å²) >= 11 is 0. The molecule has 0 radical (unpaired) electrons. The van der Waals surface area contributed by atoms with Crippen LogP contribution in [0.1, 0.15) is 31.1 Å². The fourth-order valence-electron chi connectivity index (χ4n) is 1.86. The molecular weight excluding hydrogens is 282 g/mol. The molecule has 1 rings (SSSR count). The molecule has 5 nitrogen and oxygen atoms in total. The SMILES string of the molecule is C=C(C)CN(CC)C(=O)COC(=O)c1ccc(OCC)cc1. The van der Waals surface area contributed by atoms with E-state index >= 15 is 0 Å². The molecule has 0 aliphatic heterocycles. The quantitative estimate of drug-likeness (QED) is 0.547. The fraction of sp³-hybridized carbons (Fsp3) is 0.412. The van der Waals surface area contributed by atoms with Crippen LogP contribution in [0.25, 0.3) is 0 Å². The molecule has 0 saturated carbocycles. The highest BCUT2D eigenvalue weighted by atomic mass is 16.5. The average molecular weight is 305 g/mol. The van der Waals surface area contributed by atoms with Gasteiger partial charge in [0.1, 0.15) is 5.75 Å². The summed E-state index contributed by atoms with van der Waals surface area (Å²) in [6, 6.07) is 6.62. The normalized spacial score (nSPS) is 9.95. The van der Waals surface area contributed by atoms with Gasteiger partial charge >= 0.3 is 5.97 Å². The first kappa shape index (κ1) is 17.8. The molecule has 0 N–H and O–H groups in total. The first-order valence-electron chi connectivity index (χ1n) is 7.30. The first-order chi connectivity index (χ1) is 10.5. The van der Waals surface area contributed by atoms with Crippen LogP contribution < -0.4 is 4.74 Å². The number of nitrogens with zero attached hydrogens (tertiary/aromatic N) is 1. The summed E-state index contributed by atoms with van der Waals surface area (Å²) in [6.07, 6.45) is 0. The van der Waals surface area contributed by atoms with Gasteiger partial charge in [0.05, 0.1) is 12.2 Å². The number of carbonyl (C=O) groups is 2. The van der Waals surface area contributed by atoms with Crippen molar-refractivity contribution in [2.24, 2.45) is 0 Å². The maximum absolute atomic E-state index is 12.0. The van der Waals surface area contributed by atoms with Gasteiger partial charge in [-0.05, 0) is 45.0 Å². The van der Waals surface area contributed by atoms with Gasteiger partial charge in [-0.1, -0.05) is 12.2 Å². The van der Waals surface area contributed by atoms with Gasteiger partial charge in [0.25, 0.3) is 5.91 Å². The van der Waals surface area contributed by atoms with Gasteiger partial charge in [-0.15, -0.1) is 0 Å². The highest BCUT2D eigenvalue weighted by Gasteiger charge is 2.15. The van der Waals surface area contributed by atoms with E-state index in [0.717, 1.165) is 5.57 Å². The van der Waals surface area contributed by atoms with E-state index in [-0.39, 0.29) is 12.5 Å². The number of hydrogen-bond acceptors (Lipinski definition) is 4. The maximum Gasteiger partial charge on any atom is 0.338 e. The lowest BCUT2D eigenvalue weighted by Crippen LogP contribution is -2.35. The topological polar surface area (TPSA) is 55.8 Å². The Bertz CT molecular complexity index is 522. The van der Waals surface area contributed by atoms with E-state index < -0.39 is 5.97 Å². The molecule has 22 heavy (non-hydrogen) atoms. The minimum Gasteiger partial charge on any atom is -0.494 e. The van der Waals surface area contributed by atoms with Crippen molar-refractivity contribution in [1.29, 1.82) is 0 Å². The van der Waals surface area contributed by atoms with E-state index in [0.29, 0.717) is 31.0 Å². The third-order valence-corrected chi connectivity index (χ3v) is 2.92. The molecule has 5 heteroatoms. The molecule has 0 atom stereocenters. The summed E-state index contributed by atoms with van der Waals surface area (Å²) in [6.45, 7) is 10.7. The van der Waals surface area contributed by atoms with Crippen LogP contribution in [0.15, 0.2) is 36.4 Å². The first-order valence-corrected chi connectivity index (χ1v) is 7.30. The average Bonchev–Trinajstić information content (AvgIpc) is 2.50. The summed E-state index contributed by atoms with van der Waals surface area (Å²) in [5.74, 6) is -0.0682. The number of carbonyl (C=O) groups excluding carboxylic acids is 2. The van der Waals surface area contributed by atoms with Crippen molar-refractivity contribution >= 4 is 11.9 Å². The van der Waals surface area contributed by atoms with Crippen molar-refractivity contribution in [3.63, 3.8) is 0 Å². The zero-order valence-corrected chi connectivity index (χ0v) is 13.4. The van der Waals surface area contributed by atoms with Crippen molar-refractivity contribution in [3.8, 4) is 5.75 Å². The van der Waals surface area contributed by atoms with E-state index in [1.54, 1.807) is 29.2 Å². The Morgan fingerprint density at radius 3 is 2.32 bits per heavy atom. The Morgan fingerprint density at radius 2 is 1.82 bits per heavy atom. The van der Waals surface area contributed by atoms with Crippen molar-refractivity contribution in [2.45, 2.75) is 20.8 Å². The van der Waals surface area contributed by atoms with Crippen LogP contribution in [-0.4, -0.2) is 43.1 Å². The number of esters is 1. The van der Waals surface area contributed by atoms with Gasteiger partial charge in [-0.25, -0.2) is 4.79 Å². The van der Waals surface area contributed by atoms with Crippen LogP contribution in [0, 0.1) is 0 Å². The molecule has 1 amide bonds. The monoisotopic (exact) mass is 305 g/mol. The third kappa shape index (κ3) is 5.60. The number of ether oxygens (including phenoxy) is 2. The van der Waals surface area contributed by atoms with Crippen LogP contribution in [0.2, 0.25) is 0 Å². The predicted molar refractivity (Wildman–Crippen MR) is 85.0 cm³/mol. The molecule has 120 valence electrons. The van der Waals surface area contributed by atoms with Crippen molar-refractivity contribution < 1.29 is 19.1 Å². The van der Waals surface area contributed by atoms with Gasteiger partial charge in [0.2, 0.25) is 0 Å². The van der Waals surface area contributed by atoms with Gasteiger partial charge in [-0.2, -0.15) is 0 Å². The molecule has 0 spiro atoms. The van der Waals surface area contributed by atoms with Crippen molar-refractivity contribution in [3.05, 3.63) is 42.0 Å². The second-order valence-electron chi connectivity index (χ2n) is 4.90. The number of benzene rings is 1. The highest BCUT2D eigenvalue weighted by molar-refractivity contribution is 5.91. The standard InChI is InChI=1S/C17H23NO4/c1-5-18(11-13(3)4)16(19)12-22-17(20)14-7-9-15(10-8-14)21-6-2/h7-10H,3,5-6,11-12H2,1-2,4H3. The Morgan fingerprint density at radius 1 is 1.18 bits per heavy atom. The molecule has 0 fully saturated rings. The van der Waals surface area contributed by atoms with Crippen molar-refractivity contribution in [1.82, 2.24) is 4.90 Å². The Balaban J connectivity index is 2.54. The molecule has 0 bridgehead atoms. The Hall–Kier alpha value is -2.30. The molecule has 0 aromatic heterocycles. The smallest absolute Gasteiger partial charge is 0.338 e. The predicted octanol–water partition coefficient (Wildman–Crippen LogP) is 2.67. The Labute approximate surface area is 131 Å². The third-order valence-electron chi connectivity index (χ3n) is 2.92. The zero-order chi connectivity index (χ0) is 16.5. The van der Waals surface area contributed by atoms with E-state index in [9.17, 15) is 9.59 Å². The lowest BCUT2D eigenvalue weighted by atomic mass is 10.2. The van der Waals surface area contributed by atoms with E-state index in [1.807, 2.05) is 20.8 Å². The van der Waals surface area contributed by atoms with E-state index in [2.05, 4.69) is 6.58 Å². The van der Waals surface area contributed by atoms with E-state index in [4.69, 9.17) is 9.47 Å². The summed E-state index contributed by atoms with van der Waals surface area (Å²) in [7, 11) is 0. The number of hydrogen-bond donors (Lipinski definition) is 0. The minimum absolute atomic E-state index is 0.232. The van der Waals surface area contributed by atoms with Crippen LogP contribution in [0.4, 0.5) is 0 Å².